The largest absolute Gasteiger partial charge is 0.472 e. The van der Waals surface area contributed by atoms with Crippen molar-refractivity contribution in [2.75, 3.05) is 47.5 Å². The summed E-state index contributed by atoms with van der Waals surface area (Å²) in [5.74, 6) is -0.944. The number of quaternary nitrogens is 1. The molecule has 10 heteroatoms. The lowest BCUT2D eigenvalue weighted by Crippen LogP contribution is -2.37. The standard InChI is InChI=1S/C44H78NO8P/c1-6-8-10-12-14-16-18-20-21-22-23-25-26-28-30-32-34-36-43(46)50-40-42(41-52-54(48,49)51-39-38-45(3,4)5)53-44(47)37-35-33-31-29-27-24-19-17-15-13-11-9-7-2/h20-21,23-25,27-28,30-31,33,42H,6-19,22,26,29,32,34-41H2,1-5H3/p+1/b21-20+,25-23+,27-24+,30-28+,33-31+. The Morgan fingerprint density at radius 1 is 0.574 bits per heavy atom. The number of phosphoric ester groups is 1. The number of carbonyl (C=O) groups excluding carboxylic acids is 2. The first kappa shape index (κ1) is 51.7. The fraction of sp³-hybridized carbons (Fsp3) is 0.727. The second-order valence-corrected chi connectivity index (χ2v) is 16.5. The Kier molecular flexibility index (Phi) is 34.8. The van der Waals surface area contributed by atoms with E-state index in [0.717, 1.165) is 38.5 Å². The van der Waals surface area contributed by atoms with E-state index in [-0.39, 0.29) is 26.1 Å². The normalized spacial score (nSPS) is 14.3. The van der Waals surface area contributed by atoms with Crippen LogP contribution in [0.4, 0.5) is 0 Å². The molecular formula is C44H79NO8P+. The van der Waals surface area contributed by atoms with E-state index >= 15 is 0 Å². The Labute approximate surface area is 330 Å². The van der Waals surface area contributed by atoms with Crippen molar-refractivity contribution in [2.24, 2.45) is 0 Å². The summed E-state index contributed by atoms with van der Waals surface area (Å²) in [5.41, 5.74) is 0. The van der Waals surface area contributed by atoms with Crippen LogP contribution in [-0.2, 0) is 32.7 Å². The van der Waals surface area contributed by atoms with E-state index in [0.29, 0.717) is 23.9 Å². The zero-order valence-corrected chi connectivity index (χ0v) is 35.8. The Morgan fingerprint density at radius 2 is 1.04 bits per heavy atom. The van der Waals surface area contributed by atoms with Crippen LogP contribution in [0.15, 0.2) is 60.8 Å². The van der Waals surface area contributed by atoms with Crippen molar-refractivity contribution in [1.82, 2.24) is 0 Å². The Bertz CT molecular complexity index is 1110. The van der Waals surface area contributed by atoms with Crippen molar-refractivity contribution in [3.63, 3.8) is 0 Å². The molecule has 0 saturated heterocycles. The molecule has 54 heavy (non-hydrogen) atoms. The molecule has 0 aromatic heterocycles. The third-order valence-corrected chi connectivity index (χ3v) is 9.52. The summed E-state index contributed by atoms with van der Waals surface area (Å²) < 4.78 is 34.1. The molecule has 0 heterocycles. The van der Waals surface area contributed by atoms with Crippen molar-refractivity contribution in [3.8, 4) is 0 Å². The molecular weight excluding hydrogens is 701 g/mol. The number of allylic oxidation sites excluding steroid dienone is 10. The number of esters is 2. The summed E-state index contributed by atoms with van der Waals surface area (Å²) in [6, 6.07) is 0. The van der Waals surface area contributed by atoms with E-state index in [1.54, 1.807) is 0 Å². The van der Waals surface area contributed by atoms with Gasteiger partial charge in [-0.05, 0) is 64.2 Å². The molecule has 0 aliphatic rings. The first-order valence-electron chi connectivity index (χ1n) is 21.0. The van der Waals surface area contributed by atoms with Gasteiger partial charge in [0.2, 0.25) is 0 Å². The number of unbranched alkanes of at least 4 members (excludes halogenated alkanes) is 13. The van der Waals surface area contributed by atoms with E-state index in [4.69, 9.17) is 18.5 Å². The molecule has 0 aromatic carbocycles. The zero-order valence-electron chi connectivity index (χ0n) is 34.9. The van der Waals surface area contributed by atoms with Crippen molar-refractivity contribution < 1.29 is 42.1 Å². The van der Waals surface area contributed by atoms with E-state index < -0.39 is 32.5 Å². The Balaban J connectivity index is 4.55. The summed E-state index contributed by atoms with van der Waals surface area (Å²) in [4.78, 5) is 35.2. The smallest absolute Gasteiger partial charge is 0.462 e. The summed E-state index contributed by atoms with van der Waals surface area (Å²) in [5, 5.41) is 0. The second kappa shape index (κ2) is 36.4. The molecule has 9 nitrogen and oxygen atoms in total. The minimum Gasteiger partial charge on any atom is -0.462 e. The molecule has 0 amide bonds. The molecule has 312 valence electrons. The number of rotatable bonds is 37. The highest BCUT2D eigenvalue weighted by Gasteiger charge is 2.27. The fourth-order valence-electron chi connectivity index (χ4n) is 5.20. The van der Waals surface area contributed by atoms with Crippen LogP contribution in [0.25, 0.3) is 0 Å². The summed E-state index contributed by atoms with van der Waals surface area (Å²) in [6.45, 7) is 4.26. The minimum atomic E-state index is -4.40. The average molecular weight is 781 g/mol. The lowest BCUT2D eigenvalue weighted by atomic mass is 10.1. The van der Waals surface area contributed by atoms with Gasteiger partial charge in [0.1, 0.15) is 19.8 Å². The van der Waals surface area contributed by atoms with E-state index in [1.807, 2.05) is 33.3 Å². The van der Waals surface area contributed by atoms with E-state index in [1.165, 1.54) is 77.0 Å². The molecule has 2 atom stereocenters. The maximum absolute atomic E-state index is 12.6. The zero-order chi connectivity index (χ0) is 40.0. The number of likely N-dealkylation sites (N-methyl/N-ethyl adjacent to an activating group) is 1. The number of phosphoric acid groups is 1. The number of nitrogens with zero attached hydrogens (tertiary/aromatic N) is 1. The summed E-state index contributed by atoms with van der Waals surface area (Å²) in [7, 11) is 1.41. The highest BCUT2D eigenvalue weighted by Crippen LogP contribution is 2.43. The number of hydrogen-bond donors (Lipinski definition) is 1. The average Bonchev–Trinajstić information content (AvgIpc) is 3.12. The molecule has 0 radical (unpaired) electrons. The van der Waals surface area contributed by atoms with Crippen molar-refractivity contribution in [2.45, 2.75) is 161 Å². The molecule has 0 fully saturated rings. The predicted molar refractivity (Wildman–Crippen MR) is 224 cm³/mol. The lowest BCUT2D eigenvalue weighted by molar-refractivity contribution is -0.870. The van der Waals surface area contributed by atoms with Crippen LogP contribution in [-0.4, -0.2) is 74.9 Å². The van der Waals surface area contributed by atoms with E-state index in [9.17, 15) is 19.0 Å². The lowest BCUT2D eigenvalue weighted by Gasteiger charge is -2.24. The highest BCUT2D eigenvalue weighted by molar-refractivity contribution is 7.47. The van der Waals surface area contributed by atoms with Gasteiger partial charge in [-0.2, -0.15) is 0 Å². The van der Waals surface area contributed by atoms with Gasteiger partial charge in [0.15, 0.2) is 6.10 Å². The summed E-state index contributed by atoms with van der Waals surface area (Å²) >= 11 is 0. The molecule has 0 aliphatic heterocycles. The summed E-state index contributed by atoms with van der Waals surface area (Å²) in [6.07, 6.45) is 43.0. The van der Waals surface area contributed by atoms with Gasteiger partial charge in [0.25, 0.3) is 0 Å². The number of carbonyl (C=O) groups is 2. The maximum Gasteiger partial charge on any atom is 0.472 e. The number of hydrogen-bond acceptors (Lipinski definition) is 7. The van der Waals surface area contributed by atoms with Crippen molar-refractivity contribution in [1.29, 1.82) is 0 Å². The number of ether oxygens (including phenoxy) is 2. The molecule has 2 unspecified atom stereocenters. The fourth-order valence-corrected chi connectivity index (χ4v) is 5.94. The van der Waals surface area contributed by atoms with Crippen LogP contribution < -0.4 is 0 Å². The molecule has 0 aliphatic carbocycles. The Morgan fingerprint density at radius 3 is 1.56 bits per heavy atom. The van der Waals surface area contributed by atoms with Gasteiger partial charge in [-0.15, -0.1) is 0 Å². The van der Waals surface area contributed by atoms with Crippen molar-refractivity contribution in [3.05, 3.63) is 60.8 Å². The van der Waals surface area contributed by atoms with Crippen LogP contribution in [0.3, 0.4) is 0 Å². The Hall–Kier alpha value is -2.29. The van der Waals surface area contributed by atoms with Crippen LogP contribution >= 0.6 is 7.82 Å². The third kappa shape index (κ3) is 39.4. The van der Waals surface area contributed by atoms with Crippen LogP contribution in [0.5, 0.6) is 0 Å². The highest BCUT2D eigenvalue weighted by atomic mass is 31.2. The second-order valence-electron chi connectivity index (χ2n) is 15.0. The first-order valence-corrected chi connectivity index (χ1v) is 22.5. The van der Waals surface area contributed by atoms with Crippen LogP contribution in [0, 0.1) is 0 Å². The maximum atomic E-state index is 12.6. The monoisotopic (exact) mass is 781 g/mol. The first-order chi connectivity index (χ1) is 26.0. The third-order valence-electron chi connectivity index (χ3n) is 8.53. The van der Waals surface area contributed by atoms with Gasteiger partial charge >= 0.3 is 19.8 Å². The van der Waals surface area contributed by atoms with Gasteiger partial charge in [-0.25, -0.2) is 4.57 Å². The van der Waals surface area contributed by atoms with Gasteiger partial charge in [-0.3, -0.25) is 18.6 Å². The van der Waals surface area contributed by atoms with Gasteiger partial charge < -0.3 is 18.9 Å². The molecule has 1 N–H and O–H groups in total. The van der Waals surface area contributed by atoms with Crippen LogP contribution in [0.2, 0.25) is 0 Å². The molecule has 0 spiro atoms. The van der Waals surface area contributed by atoms with Crippen molar-refractivity contribution >= 4 is 19.8 Å². The van der Waals surface area contributed by atoms with Gasteiger partial charge in [-0.1, -0.05) is 139 Å². The quantitative estimate of drug-likeness (QED) is 0.0218. The molecule has 0 saturated carbocycles. The predicted octanol–water partition coefficient (Wildman–Crippen LogP) is 11.7. The minimum absolute atomic E-state index is 0.0126. The molecule has 0 rings (SSSR count). The SMILES string of the molecule is CCCCCCCC/C=C/C/C=C/C/C=C/CCCC(=O)OCC(COP(=O)(O)OCC[N+](C)(C)C)OC(=O)CC/C=C/C/C=C/CCCCCCCC. The molecule has 0 bridgehead atoms. The van der Waals surface area contributed by atoms with Gasteiger partial charge in [0, 0.05) is 12.8 Å². The van der Waals surface area contributed by atoms with Crippen LogP contribution in [0.1, 0.15) is 155 Å². The van der Waals surface area contributed by atoms with E-state index in [2.05, 4.69) is 62.5 Å². The topological polar surface area (TPSA) is 108 Å². The van der Waals surface area contributed by atoms with Gasteiger partial charge in [0.05, 0.1) is 27.7 Å². The molecule has 0 aromatic rings.